The molecule has 0 unspecified atom stereocenters. The lowest BCUT2D eigenvalue weighted by molar-refractivity contribution is -0.0269. The quantitative estimate of drug-likeness (QED) is 0.705. The van der Waals surface area contributed by atoms with Crippen LogP contribution < -0.4 is 0 Å². The Morgan fingerprint density at radius 2 is 1.84 bits per heavy atom. The van der Waals surface area contributed by atoms with Crippen molar-refractivity contribution in [2.75, 3.05) is 6.26 Å². The zero-order chi connectivity index (χ0) is 17.9. The number of rotatable bonds is 6. The van der Waals surface area contributed by atoms with Crippen molar-refractivity contribution >= 4 is 21.9 Å². The van der Waals surface area contributed by atoms with Crippen molar-refractivity contribution in [2.24, 2.45) is 0 Å². The summed E-state index contributed by atoms with van der Waals surface area (Å²) < 4.78 is 52.3. The normalized spacial score (nSPS) is 14.3. The van der Waals surface area contributed by atoms with Gasteiger partial charge in [-0.2, -0.15) is 8.42 Å². The largest absolute Gasteiger partial charge is 0.455 e. The summed E-state index contributed by atoms with van der Waals surface area (Å²) in [6.45, 7) is -0.121. The van der Waals surface area contributed by atoms with Crippen LogP contribution in [0.25, 0.3) is 0 Å². The maximum atomic E-state index is 14.4. The molecule has 132 valence electrons. The van der Waals surface area contributed by atoms with E-state index in [0.717, 1.165) is 6.26 Å². The van der Waals surface area contributed by atoms with Crippen LogP contribution in [0, 0.1) is 5.82 Å². The van der Waals surface area contributed by atoms with Gasteiger partial charge >= 0.3 is 0 Å². The maximum absolute atomic E-state index is 14.4. The van der Waals surface area contributed by atoms with Crippen LogP contribution in [-0.2, 0) is 30.4 Å². The first-order valence-corrected chi connectivity index (χ1v) is 9.92. The van der Waals surface area contributed by atoms with Crippen LogP contribution in [-0.4, -0.2) is 14.7 Å². The SMILES string of the molecule is CS(=O)(=O)OCc1ccccc1Sc1c(F)cccc1C1OC=CO1. The Morgan fingerprint density at radius 3 is 2.56 bits per heavy atom. The molecule has 0 saturated heterocycles. The molecule has 0 N–H and O–H groups in total. The Bertz CT molecular complexity index is 888. The van der Waals surface area contributed by atoms with E-state index in [2.05, 4.69) is 0 Å². The van der Waals surface area contributed by atoms with E-state index in [-0.39, 0.29) is 6.61 Å². The third-order valence-corrected chi connectivity index (χ3v) is 5.12. The number of benzene rings is 2. The number of hydrogen-bond donors (Lipinski definition) is 0. The molecular formula is C17H15FO5S2. The fourth-order valence-corrected chi connectivity index (χ4v) is 3.62. The Balaban J connectivity index is 1.90. The molecule has 0 aliphatic carbocycles. The minimum Gasteiger partial charge on any atom is -0.455 e. The predicted octanol–water partition coefficient (Wildman–Crippen LogP) is 3.97. The molecule has 8 heteroatoms. The zero-order valence-electron chi connectivity index (χ0n) is 13.2. The summed E-state index contributed by atoms with van der Waals surface area (Å²) in [5.74, 6) is -0.416. The van der Waals surface area contributed by atoms with Gasteiger partial charge in [0.05, 0.1) is 17.8 Å². The first-order chi connectivity index (χ1) is 11.9. The first-order valence-electron chi connectivity index (χ1n) is 7.28. The summed E-state index contributed by atoms with van der Waals surface area (Å²) >= 11 is 1.17. The lowest BCUT2D eigenvalue weighted by Gasteiger charge is -2.16. The fourth-order valence-electron chi connectivity index (χ4n) is 2.21. The van der Waals surface area contributed by atoms with Crippen molar-refractivity contribution in [3.8, 4) is 0 Å². The van der Waals surface area contributed by atoms with Crippen molar-refractivity contribution in [1.82, 2.24) is 0 Å². The van der Waals surface area contributed by atoms with Crippen molar-refractivity contribution in [2.45, 2.75) is 22.7 Å². The third-order valence-electron chi connectivity index (χ3n) is 3.32. The predicted molar refractivity (Wildman–Crippen MR) is 90.6 cm³/mol. The number of ether oxygens (including phenoxy) is 2. The van der Waals surface area contributed by atoms with Crippen molar-refractivity contribution in [3.63, 3.8) is 0 Å². The highest BCUT2D eigenvalue weighted by Gasteiger charge is 2.23. The minimum absolute atomic E-state index is 0.121. The first kappa shape index (κ1) is 17.8. The van der Waals surface area contributed by atoms with Gasteiger partial charge in [0, 0.05) is 10.5 Å². The molecule has 1 aliphatic heterocycles. The zero-order valence-corrected chi connectivity index (χ0v) is 14.8. The minimum atomic E-state index is -3.57. The fraction of sp³-hybridized carbons (Fsp3) is 0.176. The van der Waals surface area contributed by atoms with E-state index >= 15 is 0 Å². The topological polar surface area (TPSA) is 61.8 Å². The Kier molecular flexibility index (Phi) is 5.31. The highest BCUT2D eigenvalue weighted by atomic mass is 32.2. The van der Waals surface area contributed by atoms with E-state index in [9.17, 15) is 12.8 Å². The van der Waals surface area contributed by atoms with Crippen LogP contribution in [0.4, 0.5) is 4.39 Å². The molecular weight excluding hydrogens is 367 g/mol. The van der Waals surface area contributed by atoms with Gasteiger partial charge in [0.15, 0.2) is 0 Å². The lowest BCUT2D eigenvalue weighted by Crippen LogP contribution is -2.04. The molecule has 0 atom stereocenters. The summed E-state index contributed by atoms with van der Waals surface area (Å²) in [6, 6.07) is 11.7. The maximum Gasteiger partial charge on any atom is 0.267 e. The Morgan fingerprint density at radius 1 is 1.12 bits per heavy atom. The Labute approximate surface area is 149 Å². The second-order valence-corrected chi connectivity index (χ2v) is 7.91. The molecule has 1 heterocycles. The summed E-state index contributed by atoms with van der Waals surface area (Å²) in [5.41, 5.74) is 1.19. The molecule has 3 rings (SSSR count). The van der Waals surface area contributed by atoms with Gasteiger partial charge < -0.3 is 9.47 Å². The molecule has 0 amide bonds. The van der Waals surface area contributed by atoms with Gasteiger partial charge in [-0.15, -0.1) is 0 Å². The van der Waals surface area contributed by atoms with Gasteiger partial charge in [-0.05, 0) is 17.7 Å². The molecule has 0 saturated carbocycles. The van der Waals surface area contributed by atoms with E-state index in [1.807, 2.05) is 0 Å². The van der Waals surface area contributed by atoms with Crippen LogP contribution in [0.3, 0.4) is 0 Å². The molecule has 2 aromatic rings. The second-order valence-electron chi connectivity index (χ2n) is 5.21. The summed E-state index contributed by atoms with van der Waals surface area (Å²) in [4.78, 5) is 1.03. The smallest absolute Gasteiger partial charge is 0.267 e. The van der Waals surface area contributed by atoms with Crippen LogP contribution in [0.1, 0.15) is 17.4 Å². The van der Waals surface area contributed by atoms with Gasteiger partial charge in [0.25, 0.3) is 16.4 Å². The molecule has 0 fully saturated rings. The van der Waals surface area contributed by atoms with Gasteiger partial charge in [-0.1, -0.05) is 42.1 Å². The van der Waals surface area contributed by atoms with Crippen molar-refractivity contribution < 1.29 is 26.5 Å². The average molecular weight is 382 g/mol. The third kappa shape index (κ3) is 4.53. The van der Waals surface area contributed by atoms with E-state index in [1.54, 1.807) is 36.4 Å². The van der Waals surface area contributed by atoms with Crippen LogP contribution in [0.2, 0.25) is 0 Å². The molecule has 0 radical (unpaired) electrons. The lowest BCUT2D eigenvalue weighted by atomic mass is 10.2. The monoisotopic (exact) mass is 382 g/mol. The molecule has 2 aromatic carbocycles. The van der Waals surface area contributed by atoms with Crippen LogP contribution >= 0.6 is 11.8 Å². The summed E-state index contributed by atoms with van der Waals surface area (Å²) in [6.07, 6.45) is 3.08. The average Bonchev–Trinajstić information content (AvgIpc) is 3.09. The molecule has 5 nitrogen and oxygen atoms in total. The standard InChI is InChI=1S/C17H15FO5S2/c1-25(19,20)23-11-12-5-2-3-8-15(12)24-16-13(6-4-7-14(16)18)17-21-9-10-22-17/h2-10,17H,11H2,1H3. The van der Waals surface area contributed by atoms with E-state index in [1.165, 1.54) is 30.4 Å². The van der Waals surface area contributed by atoms with Crippen LogP contribution in [0.15, 0.2) is 64.8 Å². The molecule has 0 bridgehead atoms. The molecule has 1 aliphatic rings. The number of hydrogen-bond acceptors (Lipinski definition) is 6. The number of halogens is 1. The van der Waals surface area contributed by atoms with Gasteiger partial charge in [-0.25, -0.2) is 4.39 Å². The highest BCUT2D eigenvalue weighted by Crippen LogP contribution is 2.39. The highest BCUT2D eigenvalue weighted by molar-refractivity contribution is 7.99. The van der Waals surface area contributed by atoms with Gasteiger partial charge in [-0.3, -0.25) is 4.18 Å². The van der Waals surface area contributed by atoms with Gasteiger partial charge in [0.1, 0.15) is 18.3 Å². The molecule has 0 aromatic heterocycles. The van der Waals surface area contributed by atoms with Crippen LogP contribution in [0.5, 0.6) is 0 Å². The van der Waals surface area contributed by atoms with Crippen molar-refractivity contribution in [1.29, 1.82) is 0 Å². The van der Waals surface area contributed by atoms with E-state index < -0.39 is 22.2 Å². The Hall–Kier alpha value is -2.03. The molecule has 0 spiro atoms. The summed E-state index contributed by atoms with van der Waals surface area (Å²) in [7, 11) is -3.57. The van der Waals surface area contributed by atoms with Gasteiger partial charge in [0.2, 0.25) is 0 Å². The van der Waals surface area contributed by atoms with Crippen molar-refractivity contribution in [3.05, 3.63) is 71.9 Å². The van der Waals surface area contributed by atoms with E-state index in [0.29, 0.717) is 20.9 Å². The summed E-state index contributed by atoms with van der Waals surface area (Å²) in [5, 5.41) is 0. The molecule has 25 heavy (non-hydrogen) atoms. The van der Waals surface area contributed by atoms with E-state index in [4.69, 9.17) is 13.7 Å². The second kappa shape index (κ2) is 7.47.